The van der Waals surface area contributed by atoms with E-state index < -0.39 is 11.4 Å². The molecule has 3 aromatic carbocycles. The van der Waals surface area contributed by atoms with Crippen molar-refractivity contribution < 1.29 is 14.0 Å². The molecule has 4 rings (SSSR count). The number of rotatable bonds is 11. The predicted molar refractivity (Wildman–Crippen MR) is 148 cm³/mol. The van der Waals surface area contributed by atoms with Crippen molar-refractivity contribution in [3.8, 4) is 22.6 Å². The normalized spacial score (nSPS) is 11.5. The van der Waals surface area contributed by atoms with Crippen molar-refractivity contribution >= 4 is 0 Å². The van der Waals surface area contributed by atoms with Gasteiger partial charge >= 0.3 is 11.4 Å². The van der Waals surface area contributed by atoms with Gasteiger partial charge in [-0.3, -0.25) is 0 Å². The first-order valence-corrected chi connectivity index (χ1v) is 12.7. The van der Waals surface area contributed by atoms with Gasteiger partial charge in [0.25, 0.3) is 0 Å². The first kappa shape index (κ1) is 27.0. The summed E-state index contributed by atoms with van der Waals surface area (Å²) in [5, 5.41) is 3.30. The van der Waals surface area contributed by atoms with Gasteiger partial charge in [0.1, 0.15) is 18.1 Å². The van der Waals surface area contributed by atoms with Gasteiger partial charge in [-0.05, 0) is 98.8 Å². The van der Waals surface area contributed by atoms with Crippen LogP contribution in [0.4, 0.5) is 0 Å². The van der Waals surface area contributed by atoms with Gasteiger partial charge in [0.15, 0.2) is 0 Å². The molecule has 0 amide bonds. The Hall–Kier alpha value is -4.04. The van der Waals surface area contributed by atoms with Crippen LogP contribution in [-0.4, -0.2) is 28.9 Å². The van der Waals surface area contributed by atoms with Gasteiger partial charge in [0.2, 0.25) is 0 Å². The third-order valence-electron chi connectivity index (χ3n) is 6.88. The molecule has 0 bridgehead atoms. The Morgan fingerprint density at radius 2 is 1.68 bits per heavy atom. The van der Waals surface area contributed by atoms with Crippen LogP contribution >= 0.6 is 0 Å². The van der Waals surface area contributed by atoms with E-state index in [0.29, 0.717) is 19.0 Å². The average Bonchev–Trinajstić information content (AvgIpc) is 3.20. The molecule has 0 saturated carbocycles. The molecular formula is C30H35N3O5. The zero-order valence-corrected chi connectivity index (χ0v) is 22.6. The highest BCUT2D eigenvalue weighted by Gasteiger charge is 2.15. The number of aromatic nitrogens is 2. The fraction of sp³-hybridized carbons (Fsp3) is 0.333. The molecule has 8 nitrogen and oxygen atoms in total. The number of nitrogens with one attached hydrogen (secondary N) is 2. The minimum Gasteiger partial charge on any atom is -0.494 e. The van der Waals surface area contributed by atoms with E-state index in [4.69, 9.17) is 14.0 Å². The number of hydrogen-bond acceptors (Lipinski definition) is 6. The van der Waals surface area contributed by atoms with Gasteiger partial charge in [-0.1, -0.05) is 36.4 Å². The lowest BCUT2D eigenvalue weighted by molar-refractivity contribution is 0.256. The van der Waals surface area contributed by atoms with Crippen molar-refractivity contribution in [3.63, 3.8) is 0 Å². The van der Waals surface area contributed by atoms with Crippen LogP contribution in [0.3, 0.4) is 0 Å². The number of aryl methyl sites for hydroxylation is 1. The van der Waals surface area contributed by atoms with Gasteiger partial charge in [-0.2, -0.15) is 0 Å². The molecule has 0 saturated heterocycles. The SMILES string of the molecule is CNC(C)(C)CCOc1ccc(-c2cccc(COc3ccc(Cn4oc(=O)[nH]c4=O)cc3)c2C)c(C)c1. The summed E-state index contributed by atoms with van der Waals surface area (Å²) in [6, 6.07) is 19.9. The third-order valence-corrected chi connectivity index (χ3v) is 6.88. The van der Waals surface area contributed by atoms with E-state index in [0.717, 1.165) is 33.6 Å². The van der Waals surface area contributed by atoms with Crippen molar-refractivity contribution in [1.82, 2.24) is 15.0 Å². The molecule has 200 valence electrons. The first-order chi connectivity index (χ1) is 18.1. The monoisotopic (exact) mass is 517 g/mol. The highest BCUT2D eigenvalue weighted by Crippen LogP contribution is 2.31. The van der Waals surface area contributed by atoms with E-state index in [1.807, 2.05) is 37.4 Å². The number of hydrogen-bond donors (Lipinski definition) is 2. The molecule has 1 aromatic heterocycles. The van der Waals surface area contributed by atoms with Crippen molar-refractivity contribution in [3.05, 3.63) is 104 Å². The topological polar surface area (TPSA) is 98.5 Å². The summed E-state index contributed by atoms with van der Waals surface area (Å²) >= 11 is 0. The van der Waals surface area contributed by atoms with Crippen LogP contribution in [0, 0.1) is 13.8 Å². The fourth-order valence-corrected chi connectivity index (χ4v) is 4.14. The molecule has 0 unspecified atom stereocenters. The van der Waals surface area contributed by atoms with Crippen LogP contribution in [0.5, 0.6) is 11.5 Å². The van der Waals surface area contributed by atoms with Crippen LogP contribution < -0.4 is 26.2 Å². The Kier molecular flexibility index (Phi) is 8.22. The number of benzene rings is 3. The van der Waals surface area contributed by atoms with Crippen LogP contribution in [0.25, 0.3) is 11.1 Å². The van der Waals surface area contributed by atoms with Gasteiger partial charge in [0, 0.05) is 5.54 Å². The summed E-state index contributed by atoms with van der Waals surface area (Å²) in [5.41, 5.74) is 6.04. The molecule has 2 N–H and O–H groups in total. The molecule has 1 heterocycles. The number of ether oxygens (including phenoxy) is 2. The fourth-order valence-electron chi connectivity index (χ4n) is 4.14. The van der Waals surface area contributed by atoms with E-state index in [-0.39, 0.29) is 12.1 Å². The molecular weight excluding hydrogens is 482 g/mol. The van der Waals surface area contributed by atoms with Crippen LogP contribution in [0.1, 0.15) is 42.5 Å². The first-order valence-electron chi connectivity index (χ1n) is 12.7. The second-order valence-corrected chi connectivity index (χ2v) is 10.1. The second-order valence-electron chi connectivity index (χ2n) is 10.1. The van der Waals surface area contributed by atoms with Crippen LogP contribution in [0.15, 0.2) is 74.8 Å². The molecule has 0 atom stereocenters. The van der Waals surface area contributed by atoms with Gasteiger partial charge in [-0.15, -0.1) is 4.74 Å². The largest absolute Gasteiger partial charge is 0.494 e. The van der Waals surface area contributed by atoms with Crippen LogP contribution in [-0.2, 0) is 13.2 Å². The summed E-state index contributed by atoms with van der Waals surface area (Å²) in [6.45, 7) is 9.79. The molecule has 0 aliphatic heterocycles. The number of nitrogens with zero attached hydrogens (tertiary/aromatic N) is 1. The maximum atomic E-state index is 11.6. The lowest BCUT2D eigenvalue weighted by atomic mass is 9.93. The lowest BCUT2D eigenvalue weighted by Crippen LogP contribution is -2.37. The minimum absolute atomic E-state index is 0.0407. The van der Waals surface area contributed by atoms with Crippen molar-refractivity contribution in [2.24, 2.45) is 0 Å². The molecule has 0 radical (unpaired) electrons. The summed E-state index contributed by atoms with van der Waals surface area (Å²) < 4.78 is 17.9. The molecule has 38 heavy (non-hydrogen) atoms. The standard InChI is InChI=1S/C30H35N3O5/c1-20-17-25(36-16-15-30(3,4)31-5)13-14-26(20)27-8-6-7-23(21(27)2)19-37-24-11-9-22(10-12-24)18-33-28(34)32-29(35)38-33/h6-14,17,31H,15-16,18-19H2,1-5H3,(H,32,34,35). The van der Waals surface area contributed by atoms with E-state index in [9.17, 15) is 9.59 Å². The lowest BCUT2D eigenvalue weighted by Gasteiger charge is -2.24. The zero-order chi connectivity index (χ0) is 27.3. The summed E-state index contributed by atoms with van der Waals surface area (Å²) in [4.78, 5) is 24.9. The smallest absolute Gasteiger partial charge is 0.440 e. The number of H-pyrrole nitrogens is 1. The minimum atomic E-state index is -0.767. The molecule has 0 aliphatic rings. The van der Waals surface area contributed by atoms with Crippen LogP contribution in [0.2, 0.25) is 0 Å². The highest BCUT2D eigenvalue weighted by molar-refractivity contribution is 5.72. The van der Waals surface area contributed by atoms with Crippen molar-refractivity contribution in [2.45, 2.75) is 52.8 Å². The predicted octanol–water partition coefficient (Wildman–Crippen LogP) is 4.81. The zero-order valence-electron chi connectivity index (χ0n) is 22.6. The summed E-state index contributed by atoms with van der Waals surface area (Å²) in [7, 11) is 1.97. The second kappa shape index (κ2) is 11.6. The number of aromatic amines is 1. The molecule has 0 aliphatic carbocycles. The Labute approximate surface area is 222 Å². The Bertz CT molecular complexity index is 1500. The van der Waals surface area contributed by atoms with Crippen molar-refractivity contribution in [2.75, 3.05) is 13.7 Å². The summed E-state index contributed by atoms with van der Waals surface area (Å²) in [5.74, 6) is 0.819. The quantitative estimate of drug-likeness (QED) is 0.296. The molecule has 0 spiro atoms. The highest BCUT2D eigenvalue weighted by atomic mass is 16.5. The van der Waals surface area contributed by atoms with E-state index in [2.05, 4.69) is 68.3 Å². The average molecular weight is 518 g/mol. The molecule has 8 heteroatoms. The third kappa shape index (κ3) is 6.63. The Morgan fingerprint density at radius 3 is 2.34 bits per heavy atom. The van der Waals surface area contributed by atoms with Gasteiger partial charge in [-0.25, -0.2) is 14.6 Å². The Morgan fingerprint density at radius 1 is 0.947 bits per heavy atom. The Balaban J connectivity index is 1.40. The van der Waals surface area contributed by atoms with E-state index >= 15 is 0 Å². The molecule has 4 aromatic rings. The van der Waals surface area contributed by atoms with E-state index in [1.54, 1.807) is 0 Å². The van der Waals surface area contributed by atoms with E-state index in [1.165, 1.54) is 16.7 Å². The van der Waals surface area contributed by atoms with Gasteiger partial charge < -0.3 is 19.3 Å². The maximum absolute atomic E-state index is 11.6. The summed E-state index contributed by atoms with van der Waals surface area (Å²) in [6.07, 6.45) is 0.916. The van der Waals surface area contributed by atoms with Crippen molar-refractivity contribution in [1.29, 1.82) is 0 Å². The molecule has 0 fully saturated rings. The maximum Gasteiger partial charge on any atom is 0.440 e. The van der Waals surface area contributed by atoms with Gasteiger partial charge in [0.05, 0.1) is 13.2 Å².